The highest BCUT2D eigenvalue weighted by Gasteiger charge is 2.23. The lowest BCUT2D eigenvalue weighted by Gasteiger charge is -2.29. The Bertz CT molecular complexity index is 417. The van der Waals surface area contributed by atoms with Gasteiger partial charge in [0.05, 0.1) is 11.7 Å². The molecule has 3 N–H and O–H groups in total. The standard InChI is InChI=1S/C12H21N5S/c1-12(2,7-18)9-4-10(15-8-5-14-6-8)17-11(13-3)16-9/h4,8,14,18H,5-7H2,1-3H3,(H2,13,15,16,17). The van der Waals surface area contributed by atoms with Gasteiger partial charge >= 0.3 is 0 Å². The zero-order valence-corrected chi connectivity index (χ0v) is 12.0. The molecule has 1 aliphatic heterocycles. The van der Waals surface area contributed by atoms with Crippen molar-refractivity contribution in [2.24, 2.45) is 0 Å². The molecule has 6 heteroatoms. The van der Waals surface area contributed by atoms with Crippen molar-refractivity contribution in [3.63, 3.8) is 0 Å². The van der Waals surface area contributed by atoms with Crippen molar-refractivity contribution in [2.45, 2.75) is 25.3 Å². The predicted molar refractivity (Wildman–Crippen MR) is 78.7 cm³/mol. The topological polar surface area (TPSA) is 61.9 Å². The Kier molecular flexibility index (Phi) is 3.97. The van der Waals surface area contributed by atoms with E-state index in [1.807, 2.05) is 13.1 Å². The fourth-order valence-corrected chi connectivity index (χ4v) is 1.82. The van der Waals surface area contributed by atoms with Gasteiger partial charge in [0, 0.05) is 37.4 Å². The molecule has 1 aromatic rings. The lowest BCUT2D eigenvalue weighted by molar-refractivity contribution is 0.470. The zero-order chi connectivity index (χ0) is 13.2. The Labute approximate surface area is 114 Å². The van der Waals surface area contributed by atoms with E-state index in [4.69, 9.17) is 0 Å². The van der Waals surface area contributed by atoms with Crippen LogP contribution < -0.4 is 16.0 Å². The number of hydrogen-bond acceptors (Lipinski definition) is 6. The van der Waals surface area contributed by atoms with Crippen molar-refractivity contribution in [2.75, 3.05) is 36.5 Å². The van der Waals surface area contributed by atoms with Crippen LogP contribution in [0.15, 0.2) is 6.07 Å². The van der Waals surface area contributed by atoms with Crippen LogP contribution in [0.25, 0.3) is 0 Å². The quantitative estimate of drug-likeness (QED) is 0.602. The molecule has 0 atom stereocenters. The molecule has 2 rings (SSSR count). The van der Waals surface area contributed by atoms with Crippen LogP contribution in [0.1, 0.15) is 19.5 Å². The fraction of sp³-hybridized carbons (Fsp3) is 0.667. The molecule has 2 heterocycles. The summed E-state index contributed by atoms with van der Waals surface area (Å²) >= 11 is 4.40. The van der Waals surface area contributed by atoms with Crippen LogP contribution in [0.2, 0.25) is 0 Å². The smallest absolute Gasteiger partial charge is 0.224 e. The average molecular weight is 267 g/mol. The minimum atomic E-state index is -0.0635. The number of hydrogen-bond donors (Lipinski definition) is 4. The minimum Gasteiger partial charge on any atom is -0.365 e. The van der Waals surface area contributed by atoms with Crippen LogP contribution in [0.5, 0.6) is 0 Å². The number of rotatable bonds is 5. The number of nitrogens with one attached hydrogen (secondary N) is 3. The largest absolute Gasteiger partial charge is 0.365 e. The van der Waals surface area contributed by atoms with Crippen LogP contribution in [0.3, 0.4) is 0 Å². The monoisotopic (exact) mass is 267 g/mol. The summed E-state index contributed by atoms with van der Waals surface area (Å²) < 4.78 is 0. The van der Waals surface area contributed by atoms with Crippen molar-refractivity contribution in [3.8, 4) is 0 Å². The average Bonchev–Trinajstić information content (AvgIpc) is 2.33. The molecule has 0 bridgehead atoms. The van der Waals surface area contributed by atoms with Gasteiger partial charge in [-0.1, -0.05) is 13.8 Å². The SMILES string of the molecule is CNc1nc(NC2CNC2)cc(C(C)(C)CS)n1. The number of thiol groups is 1. The van der Waals surface area contributed by atoms with Gasteiger partial charge in [-0.2, -0.15) is 17.6 Å². The summed E-state index contributed by atoms with van der Waals surface area (Å²) in [5, 5.41) is 9.65. The van der Waals surface area contributed by atoms with Gasteiger partial charge < -0.3 is 16.0 Å². The van der Waals surface area contributed by atoms with Gasteiger partial charge in [-0.15, -0.1) is 0 Å². The molecule has 0 saturated carbocycles. The number of anilines is 2. The van der Waals surface area contributed by atoms with Crippen LogP contribution >= 0.6 is 12.6 Å². The van der Waals surface area contributed by atoms with E-state index in [0.717, 1.165) is 30.4 Å². The van der Waals surface area contributed by atoms with E-state index < -0.39 is 0 Å². The molecule has 1 aromatic heterocycles. The molecular weight excluding hydrogens is 246 g/mol. The van der Waals surface area contributed by atoms with E-state index in [2.05, 4.69) is 52.4 Å². The van der Waals surface area contributed by atoms with Crippen LogP contribution in [-0.4, -0.2) is 41.9 Å². The summed E-state index contributed by atoms with van der Waals surface area (Å²) in [6.45, 7) is 6.25. The van der Waals surface area contributed by atoms with E-state index in [9.17, 15) is 0 Å². The highest BCUT2D eigenvalue weighted by molar-refractivity contribution is 7.80. The molecule has 0 spiro atoms. The first-order valence-electron chi connectivity index (χ1n) is 6.20. The second-order valence-corrected chi connectivity index (χ2v) is 5.57. The summed E-state index contributed by atoms with van der Waals surface area (Å²) in [6, 6.07) is 2.49. The maximum Gasteiger partial charge on any atom is 0.224 e. The molecule has 1 aliphatic rings. The molecule has 0 amide bonds. The Morgan fingerprint density at radius 2 is 2.17 bits per heavy atom. The molecule has 0 aliphatic carbocycles. The summed E-state index contributed by atoms with van der Waals surface area (Å²) in [5.41, 5.74) is 0.943. The van der Waals surface area contributed by atoms with Crippen molar-refractivity contribution in [3.05, 3.63) is 11.8 Å². The van der Waals surface area contributed by atoms with Gasteiger partial charge in [0.1, 0.15) is 5.82 Å². The molecule has 5 nitrogen and oxygen atoms in total. The van der Waals surface area contributed by atoms with Gasteiger partial charge in [-0.25, -0.2) is 4.98 Å². The Morgan fingerprint density at radius 1 is 1.44 bits per heavy atom. The molecule has 0 aromatic carbocycles. The second-order valence-electron chi connectivity index (χ2n) is 5.25. The first-order chi connectivity index (χ1) is 8.55. The maximum atomic E-state index is 4.52. The third kappa shape index (κ3) is 2.87. The number of aromatic nitrogens is 2. The molecule has 0 unspecified atom stereocenters. The molecular formula is C12H21N5S. The van der Waals surface area contributed by atoms with Gasteiger partial charge in [-0.3, -0.25) is 0 Å². The lowest BCUT2D eigenvalue weighted by Crippen LogP contribution is -2.51. The van der Waals surface area contributed by atoms with E-state index in [1.165, 1.54) is 0 Å². The first kappa shape index (κ1) is 13.4. The van der Waals surface area contributed by atoms with Gasteiger partial charge in [-0.05, 0) is 0 Å². The fourth-order valence-electron chi connectivity index (χ4n) is 1.66. The zero-order valence-electron chi connectivity index (χ0n) is 11.1. The van der Waals surface area contributed by atoms with Crippen molar-refractivity contribution in [1.82, 2.24) is 15.3 Å². The summed E-state index contributed by atoms with van der Waals surface area (Å²) in [6.07, 6.45) is 0. The Hall–Kier alpha value is -1.01. The van der Waals surface area contributed by atoms with E-state index in [1.54, 1.807) is 0 Å². The Balaban J connectivity index is 2.26. The van der Waals surface area contributed by atoms with Crippen LogP contribution in [0.4, 0.5) is 11.8 Å². The van der Waals surface area contributed by atoms with Crippen LogP contribution in [0, 0.1) is 0 Å². The second kappa shape index (κ2) is 5.32. The van der Waals surface area contributed by atoms with Crippen molar-refractivity contribution >= 4 is 24.4 Å². The Morgan fingerprint density at radius 3 is 2.67 bits per heavy atom. The van der Waals surface area contributed by atoms with E-state index in [-0.39, 0.29) is 5.41 Å². The van der Waals surface area contributed by atoms with E-state index >= 15 is 0 Å². The van der Waals surface area contributed by atoms with Gasteiger partial charge in [0.15, 0.2) is 0 Å². The third-order valence-corrected chi connectivity index (χ3v) is 3.96. The van der Waals surface area contributed by atoms with Crippen molar-refractivity contribution < 1.29 is 0 Å². The third-order valence-electron chi connectivity index (χ3n) is 3.17. The molecule has 18 heavy (non-hydrogen) atoms. The van der Waals surface area contributed by atoms with E-state index in [0.29, 0.717) is 12.0 Å². The molecule has 1 saturated heterocycles. The lowest BCUT2D eigenvalue weighted by atomic mass is 9.91. The van der Waals surface area contributed by atoms with Crippen LogP contribution in [-0.2, 0) is 5.41 Å². The molecule has 1 fully saturated rings. The molecule has 0 radical (unpaired) electrons. The minimum absolute atomic E-state index is 0.0635. The maximum absolute atomic E-state index is 4.52. The first-order valence-corrected chi connectivity index (χ1v) is 6.84. The number of nitrogens with zero attached hydrogens (tertiary/aromatic N) is 2. The summed E-state index contributed by atoms with van der Waals surface area (Å²) in [7, 11) is 1.83. The highest BCUT2D eigenvalue weighted by atomic mass is 32.1. The predicted octanol–water partition coefficient (Wildman–Crippen LogP) is 1.11. The van der Waals surface area contributed by atoms with Gasteiger partial charge in [0.25, 0.3) is 0 Å². The highest BCUT2D eigenvalue weighted by Crippen LogP contribution is 2.25. The van der Waals surface area contributed by atoms with Crippen molar-refractivity contribution in [1.29, 1.82) is 0 Å². The normalized spacial score (nSPS) is 16.2. The molecule has 100 valence electrons. The van der Waals surface area contributed by atoms with Gasteiger partial charge in [0.2, 0.25) is 5.95 Å². The summed E-state index contributed by atoms with van der Waals surface area (Å²) in [5.74, 6) is 2.28. The summed E-state index contributed by atoms with van der Waals surface area (Å²) in [4.78, 5) is 8.95.